The van der Waals surface area contributed by atoms with Crippen LogP contribution in [0.2, 0.25) is 0 Å². The summed E-state index contributed by atoms with van der Waals surface area (Å²) in [6, 6.07) is 13.5. The minimum absolute atomic E-state index is 0.112. The molecular formula is C27H28FN3O3S. The smallest absolute Gasteiger partial charge is 0.338 e. The molecule has 0 aromatic heterocycles. The predicted octanol–water partition coefficient (Wildman–Crippen LogP) is 5.37. The van der Waals surface area contributed by atoms with Gasteiger partial charge in [-0.05, 0) is 61.9 Å². The van der Waals surface area contributed by atoms with E-state index in [9.17, 15) is 14.0 Å². The summed E-state index contributed by atoms with van der Waals surface area (Å²) in [6.07, 6.45) is -0.160. The number of aryl methyl sites for hydroxylation is 1. The Hall–Kier alpha value is -3.39. The molecule has 0 saturated heterocycles. The highest BCUT2D eigenvalue weighted by Gasteiger charge is 2.41. The van der Waals surface area contributed by atoms with Gasteiger partial charge in [-0.25, -0.2) is 14.2 Å². The minimum Gasteiger partial charge on any atom is -0.459 e. The van der Waals surface area contributed by atoms with Crippen molar-refractivity contribution in [1.29, 1.82) is 0 Å². The van der Waals surface area contributed by atoms with E-state index >= 15 is 0 Å². The number of amides is 1. The summed E-state index contributed by atoms with van der Waals surface area (Å²) in [5.74, 6) is -0.906. The Bertz CT molecular complexity index is 1230. The summed E-state index contributed by atoms with van der Waals surface area (Å²) in [6.45, 7) is 7.75. The number of nitrogens with zero attached hydrogens (tertiary/aromatic N) is 2. The van der Waals surface area contributed by atoms with Crippen LogP contribution >= 0.6 is 11.8 Å². The first kappa shape index (κ1) is 24.7. The van der Waals surface area contributed by atoms with E-state index < -0.39 is 12.0 Å². The van der Waals surface area contributed by atoms with E-state index in [2.05, 4.69) is 10.3 Å². The number of benzene rings is 2. The van der Waals surface area contributed by atoms with E-state index in [1.807, 2.05) is 62.3 Å². The SMILES string of the molecule is CC1=C(C(=O)OC(C)C)[C@@H](c2ccccc2C)N2C(CC(=O)NCc3ccc(F)cc3)=CSC2=N1. The quantitative estimate of drug-likeness (QED) is 0.526. The first-order chi connectivity index (χ1) is 16.7. The number of amidine groups is 1. The molecular weight excluding hydrogens is 465 g/mol. The van der Waals surface area contributed by atoms with Gasteiger partial charge in [0.2, 0.25) is 5.91 Å². The van der Waals surface area contributed by atoms with Crippen LogP contribution in [0.3, 0.4) is 0 Å². The number of ether oxygens (including phenoxy) is 1. The van der Waals surface area contributed by atoms with E-state index in [0.29, 0.717) is 17.8 Å². The van der Waals surface area contributed by atoms with Crippen molar-refractivity contribution in [2.24, 2.45) is 4.99 Å². The molecule has 182 valence electrons. The lowest BCUT2D eigenvalue weighted by Crippen LogP contribution is -2.38. The molecule has 0 unspecified atom stereocenters. The molecule has 2 aromatic carbocycles. The normalized spacial score (nSPS) is 17.2. The second-order valence-corrected chi connectivity index (χ2v) is 9.62. The average molecular weight is 494 g/mol. The van der Waals surface area contributed by atoms with E-state index in [0.717, 1.165) is 27.6 Å². The van der Waals surface area contributed by atoms with Gasteiger partial charge in [0, 0.05) is 12.2 Å². The number of rotatable bonds is 7. The van der Waals surface area contributed by atoms with Crippen molar-refractivity contribution >= 4 is 28.8 Å². The molecule has 0 saturated carbocycles. The molecule has 1 amide bonds. The Morgan fingerprint density at radius 3 is 2.54 bits per heavy atom. The van der Waals surface area contributed by atoms with Crippen LogP contribution in [-0.4, -0.2) is 28.0 Å². The fourth-order valence-electron chi connectivity index (χ4n) is 4.13. The second-order valence-electron chi connectivity index (χ2n) is 8.78. The Balaban J connectivity index is 1.61. The highest BCUT2D eigenvalue weighted by atomic mass is 32.2. The van der Waals surface area contributed by atoms with Gasteiger partial charge in [-0.2, -0.15) is 0 Å². The van der Waals surface area contributed by atoms with Crippen LogP contribution in [-0.2, 0) is 20.9 Å². The van der Waals surface area contributed by atoms with Gasteiger partial charge in [0.15, 0.2) is 5.17 Å². The Morgan fingerprint density at radius 2 is 1.86 bits per heavy atom. The van der Waals surface area contributed by atoms with E-state index in [4.69, 9.17) is 4.74 Å². The van der Waals surface area contributed by atoms with E-state index in [-0.39, 0.29) is 24.2 Å². The Kier molecular flexibility index (Phi) is 7.40. The molecule has 0 aliphatic carbocycles. The third-order valence-electron chi connectivity index (χ3n) is 5.79. The lowest BCUT2D eigenvalue weighted by molar-refractivity contribution is -0.143. The minimum atomic E-state index is -0.457. The summed E-state index contributed by atoms with van der Waals surface area (Å²) in [4.78, 5) is 32.7. The monoisotopic (exact) mass is 493 g/mol. The molecule has 2 aliphatic heterocycles. The number of esters is 1. The molecule has 0 bridgehead atoms. The number of carbonyl (C=O) groups excluding carboxylic acids is 2. The number of halogens is 1. The largest absolute Gasteiger partial charge is 0.459 e. The van der Waals surface area contributed by atoms with Crippen molar-refractivity contribution in [2.75, 3.05) is 0 Å². The fourth-order valence-corrected chi connectivity index (χ4v) is 5.09. The number of carbonyl (C=O) groups is 2. The zero-order valence-corrected chi connectivity index (χ0v) is 21.0. The summed E-state index contributed by atoms with van der Waals surface area (Å²) in [5.41, 5.74) is 4.62. The third-order valence-corrected chi connectivity index (χ3v) is 6.68. The molecule has 2 aromatic rings. The van der Waals surface area contributed by atoms with Gasteiger partial charge < -0.3 is 15.0 Å². The standard InChI is InChI=1S/C27H28FN3O3S/c1-16(2)34-26(33)24-18(4)30-27-31(25(24)22-8-6-5-7-17(22)3)21(15-35-27)13-23(32)29-14-19-9-11-20(28)12-10-19/h5-12,15-16,25H,13-14H2,1-4H3,(H,29,32)/t25-/m1/s1. The molecule has 6 nitrogen and oxygen atoms in total. The lowest BCUT2D eigenvalue weighted by atomic mass is 9.91. The number of hydrogen-bond donors (Lipinski definition) is 1. The van der Waals surface area contributed by atoms with Crippen molar-refractivity contribution in [3.63, 3.8) is 0 Å². The maximum atomic E-state index is 13.2. The first-order valence-corrected chi connectivity index (χ1v) is 12.3. The molecule has 1 atom stereocenters. The molecule has 4 rings (SSSR count). The number of nitrogens with one attached hydrogen (secondary N) is 1. The van der Waals surface area contributed by atoms with E-state index in [1.165, 1.54) is 23.9 Å². The van der Waals surface area contributed by atoms with Gasteiger partial charge in [-0.1, -0.05) is 48.2 Å². The first-order valence-electron chi connectivity index (χ1n) is 11.5. The van der Waals surface area contributed by atoms with Crippen molar-refractivity contribution in [3.05, 3.63) is 93.4 Å². The van der Waals surface area contributed by atoms with Crippen molar-refractivity contribution < 1.29 is 18.7 Å². The van der Waals surface area contributed by atoms with Crippen molar-refractivity contribution in [2.45, 2.75) is 52.8 Å². The van der Waals surface area contributed by atoms with Gasteiger partial charge in [-0.15, -0.1) is 0 Å². The zero-order chi connectivity index (χ0) is 25.1. The molecule has 35 heavy (non-hydrogen) atoms. The number of thioether (sulfide) groups is 1. The van der Waals surface area contributed by atoms with Crippen LogP contribution in [0.5, 0.6) is 0 Å². The fraction of sp³-hybridized carbons (Fsp3) is 0.296. The summed E-state index contributed by atoms with van der Waals surface area (Å²) < 4.78 is 18.7. The van der Waals surface area contributed by atoms with Gasteiger partial charge in [0.25, 0.3) is 0 Å². The molecule has 1 N–H and O–H groups in total. The van der Waals surface area contributed by atoms with Crippen LogP contribution < -0.4 is 5.32 Å². The number of hydrogen-bond acceptors (Lipinski definition) is 6. The lowest BCUT2D eigenvalue weighted by Gasteiger charge is -2.37. The van der Waals surface area contributed by atoms with Crippen molar-refractivity contribution in [3.8, 4) is 0 Å². The number of aliphatic imine (C=N–C) groups is 1. The summed E-state index contributed by atoms with van der Waals surface area (Å²) >= 11 is 1.43. The summed E-state index contributed by atoms with van der Waals surface area (Å²) in [7, 11) is 0. The molecule has 0 spiro atoms. The Labute approximate surface area is 209 Å². The van der Waals surface area contributed by atoms with Gasteiger partial charge in [-0.3, -0.25) is 4.79 Å². The van der Waals surface area contributed by atoms with Gasteiger partial charge in [0.1, 0.15) is 5.82 Å². The number of allylic oxidation sites excluding steroid dienone is 1. The zero-order valence-electron chi connectivity index (χ0n) is 20.2. The number of fused-ring (bicyclic) bond motifs is 1. The highest BCUT2D eigenvalue weighted by molar-refractivity contribution is 8.16. The summed E-state index contributed by atoms with van der Waals surface area (Å²) in [5, 5.41) is 5.52. The molecule has 0 radical (unpaired) electrons. The van der Waals surface area contributed by atoms with Crippen LogP contribution in [0.1, 0.15) is 49.9 Å². The Morgan fingerprint density at radius 1 is 1.14 bits per heavy atom. The topological polar surface area (TPSA) is 71.0 Å². The molecule has 0 fully saturated rings. The van der Waals surface area contributed by atoms with E-state index in [1.54, 1.807) is 12.1 Å². The highest BCUT2D eigenvalue weighted by Crippen LogP contribution is 2.45. The maximum absolute atomic E-state index is 13.2. The predicted molar refractivity (Wildman–Crippen MR) is 136 cm³/mol. The van der Waals surface area contributed by atoms with Crippen molar-refractivity contribution in [1.82, 2.24) is 10.2 Å². The van der Waals surface area contributed by atoms with Crippen LogP contribution in [0, 0.1) is 12.7 Å². The second kappa shape index (κ2) is 10.5. The molecule has 2 heterocycles. The van der Waals surface area contributed by atoms with Crippen LogP contribution in [0.25, 0.3) is 0 Å². The average Bonchev–Trinajstić information content (AvgIpc) is 3.19. The molecule has 8 heteroatoms. The van der Waals surface area contributed by atoms with Gasteiger partial charge in [0.05, 0.1) is 29.8 Å². The van der Waals surface area contributed by atoms with Crippen LogP contribution in [0.15, 0.2) is 75.9 Å². The van der Waals surface area contributed by atoms with Gasteiger partial charge >= 0.3 is 5.97 Å². The third kappa shape index (κ3) is 5.48. The van der Waals surface area contributed by atoms with Crippen LogP contribution in [0.4, 0.5) is 4.39 Å². The molecule has 2 aliphatic rings. The maximum Gasteiger partial charge on any atom is 0.338 e.